The second kappa shape index (κ2) is 5.84. The van der Waals surface area contributed by atoms with Crippen LogP contribution in [0.15, 0.2) is 36.9 Å². The third-order valence-corrected chi connectivity index (χ3v) is 2.07. The van der Waals surface area contributed by atoms with Gasteiger partial charge in [-0.25, -0.2) is 4.79 Å². The molecule has 0 radical (unpaired) electrons. The lowest BCUT2D eigenvalue weighted by Crippen LogP contribution is -2.12. The topological polar surface area (TPSA) is 55.4 Å². The van der Waals surface area contributed by atoms with E-state index < -0.39 is 5.97 Å². The highest BCUT2D eigenvalue weighted by Gasteiger charge is 2.09. The molecule has 0 fully saturated rings. The predicted molar refractivity (Wildman–Crippen MR) is 65.8 cm³/mol. The molecule has 1 aromatic carbocycles. The summed E-state index contributed by atoms with van der Waals surface area (Å²) in [6, 6.07) is 6.50. The number of carbonyl (C=O) groups is 2. The van der Waals surface area contributed by atoms with Crippen molar-refractivity contribution in [2.45, 2.75) is 20.0 Å². The van der Waals surface area contributed by atoms with Gasteiger partial charge >= 0.3 is 5.97 Å². The van der Waals surface area contributed by atoms with Crippen LogP contribution < -0.4 is 5.32 Å². The number of ether oxygens (including phenoxy) is 1. The number of esters is 1. The predicted octanol–water partition coefficient (Wildman–Crippen LogP) is 2.38. The summed E-state index contributed by atoms with van der Waals surface area (Å²) in [5, 5.41) is 2.62. The van der Waals surface area contributed by atoms with Crippen LogP contribution in [0.4, 0.5) is 5.69 Å². The highest BCUT2D eigenvalue weighted by molar-refractivity contribution is 5.92. The maximum absolute atomic E-state index is 11.6. The Balaban J connectivity index is 2.70. The first-order valence-electron chi connectivity index (χ1n) is 5.24. The quantitative estimate of drug-likeness (QED) is 0.641. The number of benzene rings is 1. The summed E-state index contributed by atoms with van der Waals surface area (Å²) in [7, 11) is 0. The maximum Gasteiger partial charge on any atom is 0.338 e. The van der Waals surface area contributed by atoms with Gasteiger partial charge in [0, 0.05) is 12.6 Å². The number of carbonyl (C=O) groups excluding carboxylic acids is 2. The molecule has 17 heavy (non-hydrogen) atoms. The fraction of sp³-hybridized carbons (Fsp3) is 0.231. The standard InChI is InChI=1S/C13H15NO3/c1-4-9(2)17-13(16)11-5-7-12(8-6-11)14-10(3)15/h4-9H,1H2,2-3H3,(H,14,15). The minimum atomic E-state index is -0.410. The molecule has 0 bridgehead atoms. The molecule has 0 aliphatic heterocycles. The highest BCUT2D eigenvalue weighted by Crippen LogP contribution is 2.11. The molecule has 1 N–H and O–H groups in total. The Bertz CT molecular complexity index is 423. The van der Waals surface area contributed by atoms with Gasteiger partial charge in [-0.15, -0.1) is 0 Å². The molecule has 0 aliphatic carbocycles. The van der Waals surface area contributed by atoms with Gasteiger partial charge < -0.3 is 10.1 Å². The van der Waals surface area contributed by atoms with Crippen molar-refractivity contribution in [1.29, 1.82) is 0 Å². The van der Waals surface area contributed by atoms with E-state index in [-0.39, 0.29) is 12.0 Å². The SMILES string of the molecule is C=CC(C)OC(=O)c1ccc(NC(C)=O)cc1. The third-order valence-electron chi connectivity index (χ3n) is 2.07. The monoisotopic (exact) mass is 233 g/mol. The Morgan fingerprint density at radius 3 is 2.41 bits per heavy atom. The Hall–Kier alpha value is -2.10. The molecule has 1 amide bonds. The van der Waals surface area contributed by atoms with E-state index in [9.17, 15) is 9.59 Å². The van der Waals surface area contributed by atoms with E-state index in [0.29, 0.717) is 11.3 Å². The van der Waals surface area contributed by atoms with Crippen molar-refractivity contribution in [2.75, 3.05) is 5.32 Å². The molecule has 0 saturated carbocycles. The van der Waals surface area contributed by atoms with Crippen LogP contribution in [-0.4, -0.2) is 18.0 Å². The fourth-order valence-corrected chi connectivity index (χ4v) is 1.18. The molecule has 1 rings (SSSR count). The third kappa shape index (κ3) is 4.10. The van der Waals surface area contributed by atoms with E-state index in [1.807, 2.05) is 0 Å². The van der Waals surface area contributed by atoms with Gasteiger partial charge in [-0.3, -0.25) is 4.79 Å². The van der Waals surface area contributed by atoms with E-state index in [1.165, 1.54) is 6.92 Å². The van der Waals surface area contributed by atoms with E-state index in [1.54, 1.807) is 37.3 Å². The lowest BCUT2D eigenvalue weighted by atomic mass is 10.2. The van der Waals surface area contributed by atoms with Crippen molar-refractivity contribution in [3.8, 4) is 0 Å². The van der Waals surface area contributed by atoms with Crippen molar-refractivity contribution in [1.82, 2.24) is 0 Å². The molecule has 0 saturated heterocycles. The zero-order valence-corrected chi connectivity index (χ0v) is 9.90. The van der Waals surface area contributed by atoms with Gasteiger partial charge in [0.2, 0.25) is 5.91 Å². The first-order valence-corrected chi connectivity index (χ1v) is 5.24. The first-order chi connectivity index (χ1) is 8.02. The summed E-state index contributed by atoms with van der Waals surface area (Å²) in [6.07, 6.45) is 1.22. The molecule has 1 atom stereocenters. The van der Waals surface area contributed by atoms with Crippen LogP contribution in [0.3, 0.4) is 0 Å². The summed E-state index contributed by atoms with van der Waals surface area (Å²) in [6.45, 7) is 6.69. The number of anilines is 1. The van der Waals surface area contributed by atoms with Crippen LogP contribution in [0.1, 0.15) is 24.2 Å². The molecule has 0 aliphatic rings. The molecule has 4 heteroatoms. The van der Waals surface area contributed by atoms with E-state index in [0.717, 1.165) is 0 Å². The summed E-state index contributed by atoms with van der Waals surface area (Å²) < 4.78 is 5.06. The van der Waals surface area contributed by atoms with Crippen molar-refractivity contribution < 1.29 is 14.3 Å². The Kier molecular flexibility index (Phi) is 4.46. The first kappa shape index (κ1) is 13.0. The molecular weight excluding hydrogens is 218 g/mol. The minimum Gasteiger partial charge on any atom is -0.455 e. The van der Waals surface area contributed by atoms with Crippen LogP contribution in [0.5, 0.6) is 0 Å². The van der Waals surface area contributed by atoms with Crippen LogP contribution >= 0.6 is 0 Å². The molecule has 1 unspecified atom stereocenters. The van der Waals surface area contributed by atoms with E-state index in [4.69, 9.17) is 4.74 Å². The average Bonchev–Trinajstić information content (AvgIpc) is 2.28. The largest absolute Gasteiger partial charge is 0.455 e. The summed E-state index contributed by atoms with van der Waals surface area (Å²) >= 11 is 0. The van der Waals surface area contributed by atoms with Crippen LogP contribution in [0, 0.1) is 0 Å². The van der Waals surface area contributed by atoms with Gasteiger partial charge in [-0.1, -0.05) is 12.7 Å². The summed E-state index contributed by atoms with van der Waals surface area (Å²) in [4.78, 5) is 22.4. The average molecular weight is 233 g/mol. The molecule has 90 valence electrons. The van der Waals surface area contributed by atoms with Crippen molar-refractivity contribution in [3.05, 3.63) is 42.5 Å². The van der Waals surface area contributed by atoms with Gasteiger partial charge in [-0.05, 0) is 31.2 Å². The van der Waals surface area contributed by atoms with Gasteiger partial charge in [0.1, 0.15) is 6.10 Å². The molecule has 4 nitrogen and oxygen atoms in total. The zero-order valence-electron chi connectivity index (χ0n) is 9.90. The lowest BCUT2D eigenvalue weighted by molar-refractivity contribution is -0.114. The molecule has 0 heterocycles. The summed E-state index contributed by atoms with van der Waals surface area (Å²) in [5.41, 5.74) is 1.08. The Morgan fingerprint density at radius 2 is 1.94 bits per heavy atom. The van der Waals surface area contributed by atoms with Crippen LogP contribution in [-0.2, 0) is 9.53 Å². The van der Waals surface area contributed by atoms with Crippen LogP contribution in [0.2, 0.25) is 0 Å². The Morgan fingerprint density at radius 1 is 1.35 bits per heavy atom. The van der Waals surface area contributed by atoms with Gasteiger partial charge in [0.15, 0.2) is 0 Å². The molecule has 0 aromatic heterocycles. The van der Waals surface area contributed by atoms with Crippen molar-refractivity contribution in [2.24, 2.45) is 0 Å². The van der Waals surface area contributed by atoms with Gasteiger partial charge in [-0.2, -0.15) is 0 Å². The zero-order chi connectivity index (χ0) is 12.8. The number of nitrogens with one attached hydrogen (secondary N) is 1. The molecule has 1 aromatic rings. The highest BCUT2D eigenvalue weighted by atomic mass is 16.5. The van der Waals surface area contributed by atoms with Gasteiger partial charge in [0.25, 0.3) is 0 Å². The minimum absolute atomic E-state index is 0.152. The number of hydrogen-bond donors (Lipinski definition) is 1. The van der Waals surface area contributed by atoms with E-state index in [2.05, 4.69) is 11.9 Å². The maximum atomic E-state index is 11.6. The summed E-state index contributed by atoms with van der Waals surface area (Å²) in [5.74, 6) is -0.563. The van der Waals surface area contributed by atoms with Crippen molar-refractivity contribution >= 4 is 17.6 Å². The number of rotatable bonds is 4. The second-order valence-corrected chi connectivity index (χ2v) is 3.60. The number of hydrogen-bond acceptors (Lipinski definition) is 3. The fourth-order valence-electron chi connectivity index (χ4n) is 1.18. The molecule has 0 spiro atoms. The second-order valence-electron chi connectivity index (χ2n) is 3.60. The molecular formula is C13H15NO3. The smallest absolute Gasteiger partial charge is 0.338 e. The van der Waals surface area contributed by atoms with Crippen molar-refractivity contribution in [3.63, 3.8) is 0 Å². The van der Waals surface area contributed by atoms with Gasteiger partial charge in [0.05, 0.1) is 5.56 Å². The Labute approximate surface area is 100 Å². The van der Waals surface area contributed by atoms with Crippen LogP contribution in [0.25, 0.3) is 0 Å². The normalized spacial score (nSPS) is 11.4. The lowest BCUT2D eigenvalue weighted by Gasteiger charge is -2.09. The van der Waals surface area contributed by atoms with E-state index >= 15 is 0 Å². The number of amides is 1.